The molecule has 0 aliphatic carbocycles. The van der Waals surface area contributed by atoms with Crippen LogP contribution in [-0.4, -0.2) is 22.2 Å². The van der Waals surface area contributed by atoms with Gasteiger partial charge in [0.25, 0.3) is 0 Å². The Balaban J connectivity index is 2.46. The van der Waals surface area contributed by atoms with E-state index in [-0.39, 0.29) is 0 Å². The van der Waals surface area contributed by atoms with Crippen molar-refractivity contribution in [3.05, 3.63) is 51.9 Å². The highest BCUT2D eigenvalue weighted by atomic mass is 32.2. The third kappa shape index (κ3) is 4.04. The zero-order chi connectivity index (χ0) is 12.0. The van der Waals surface area contributed by atoms with Crippen molar-refractivity contribution in [2.45, 2.75) is 24.0 Å². The van der Waals surface area contributed by atoms with Crippen molar-refractivity contribution >= 4 is 11.8 Å². The molecular weight excluding hydrogens is 226 g/mol. The molecule has 4 nitrogen and oxygen atoms in total. The summed E-state index contributed by atoms with van der Waals surface area (Å²) >= 11 is 1.41. The molecule has 0 radical (unpaired) electrons. The Kier molecular flexibility index (Phi) is 5.01. The van der Waals surface area contributed by atoms with E-state index >= 15 is 0 Å². The first-order chi connectivity index (χ1) is 7.61. The van der Waals surface area contributed by atoms with Gasteiger partial charge in [-0.25, -0.2) is 0 Å². The lowest BCUT2D eigenvalue weighted by atomic mass is 10.2. The first-order valence-corrected chi connectivity index (χ1v) is 5.69. The summed E-state index contributed by atoms with van der Waals surface area (Å²) in [5.41, 5.74) is 0. The summed E-state index contributed by atoms with van der Waals surface area (Å²) in [6, 6.07) is 8.61. The molecule has 0 aliphatic rings. The lowest BCUT2D eigenvalue weighted by Gasteiger charge is -2.06. The first kappa shape index (κ1) is 12.7. The van der Waals surface area contributed by atoms with Gasteiger partial charge in [0.2, 0.25) is 6.04 Å². The van der Waals surface area contributed by atoms with Crippen LogP contribution < -0.4 is 0 Å². The van der Waals surface area contributed by atoms with Crippen molar-refractivity contribution in [1.82, 2.24) is 0 Å². The Morgan fingerprint density at radius 2 is 2.06 bits per heavy atom. The minimum absolute atomic E-state index is 0.498. The number of aliphatic hydroxyl groups excluding tert-OH is 1. The van der Waals surface area contributed by atoms with Crippen molar-refractivity contribution in [3.63, 3.8) is 0 Å². The van der Waals surface area contributed by atoms with Gasteiger partial charge in [-0.1, -0.05) is 30.0 Å². The van der Waals surface area contributed by atoms with Crippen LogP contribution in [0, 0.1) is 10.1 Å². The second-order valence-electron chi connectivity index (χ2n) is 3.28. The van der Waals surface area contributed by atoms with E-state index in [1.54, 1.807) is 5.41 Å². The Labute approximate surface area is 98.1 Å². The summed E-state index contributed by atoms with van der Waals surface area (Å²) in [6.45, 7) is 1.38. The molecule has 0 amide bonds. The summed E-state index contributed by atoms with van der Waals surface area (Å²) in [5.74, 6) is 0. The van der Waals surface area contributed by atoms with E-state index in [2.05, 4.69) is 0 Å². The van der Waals surface area contributed by atoms with E-state index in [9.17, 15) is 15.2 Å². The lowest BCUT2D eigenvalue weighted by molar-refractivity contribution is -0.526. The highest BCUT2D eigenvalue weighted by Gasteiger charge is 2.20. The molecule has 0 aromatic heterocycles. The number of nitrogens with zero attached hydrogens (tertiary/aromatic N) is 1. The molecule has 0 spiro atoms. The van der Waals surface area contributed by atoms with Gasteiger partial charge in [0.15, 0.2) is 0 Å². The topological polar surface area (TPSA) is 63.4 Å². The molecule has 0 fully saturated rings. The highest BCUT2D eigenvalue weighted by molar-refractivity contribution is 8.02. The number of hydrogen-bond acceptors (Lipinski definition) is 4. The van der Waals surface area contributed by atoms with Crippen molar-refractivity contribution in [1.29, 1.82) is 0 Å². The molecule has 5 heteroatoms. The smallest absolute Gasteiger partial charge is 0.239 e. The number of rotatable bonds is 5. The highest BCUT2D eigenvalue weighted by Crippen LogP contribution is 2.18. The van der Waals surface area contributed by atoms with E-state index in [1.165, 1.54) is 24.8 Å². The minimum Gasteiger partial charge on any atom is -0.382 e. The predicted octanol–water partition coefficient (Wildman–Crippen LogP) is 2.32. The Morgan fingerprint density at radius 3 is 2.62 bits per heavy atom. The number of aliphatic hydroxyl groups is 1. The molecule has 1 aromatic rings. The average Bonchev–Trinajstić information content (AvgIpc) is 2.29. The Morgan fingerprint density at radius 1 is 1.44 bits per heavy atom. The molecule has 0 saturated heterocycles. The lowest BCUT2D eigenvalue weighted by Crippen LogP contribution is -2.28. The maximum Gasteiger partial charge on any atom is 0.239 e. The summed E-state index contributed by atoms with van der Waals surface area (Å²) < 4.78 is 0. The fourth-order valence-electron chi connectivity index (χ4n) is 0.983. The normalized spacial score (nSPS) is 14.9. The number of thioether (sulfide) groups is 1. The number of benzene rings is 1. The minimum atomic E-state index is -1.05. The van der Waals surface area contributed by atoms with E-state index in [0.717, 1.165) is 4.90 Å². The van der Waals surface area contributed by atoms with Crippen molar-refractivity contribution in [2.24, 2.45) is 0 Å². The third-order valence-electron chi connectivity index (χ3n) is 2.05. The van der Waals surface area contributed by atoms with Crippen LogP contribution in [0.25, 0.3) is 0 Å². The van der Waals surface area contributed by atoms with Crippen LogP contribution in [-0.2, 0) is 0 Å². The Bertz CT molecular complexity index is 367. The molecule has 1 rings (SSSR count). The molecule has 16 heavy (non-hydrogen) atoms. The first-order valence-electron chi connectivity index (χ1n) is 4.81. The molecule has 2 unspecified atom stereocenters. The SMILES string of the molecule is CC(C(O)/C=C/Sc1ccccc1)[N+](=O)[O-]. The fraction of sp³-hybridized carbons (Fsp3) is 0.273. The fourth-order valence-corrected chi connectivity index (χ4v) is 1.69. The van der Waals surface area contributed by atoms with Crippen LogP contribution in [0.2, 0.25) is 0 Å². The molecule has 1 aromatic carbocycles. The van der Waals surface area contributed by atoms with E-state index in [1.807, 2.05) is 30.3 Å². The summed E-state index contributed by atoms with van der Waals surface area (Å²) in [7, 11) is 0. The second kappa shape index (κ2) is 6.30. The summed E-state index contributed by atoms with van der Waals surface area (Å²) in [4.78, 5) is 10.9. The van der Waals surface area contributed by atoms with Gasteiger partial charge in [-0.3, -0.25) is 10.1 Å². The molecule has 0 saturated carbocycles. The van der Waals surface area contributed by atoms with E-state index in [0.29, 0.717) is 0 Å². The van der Waals surface area contributed by atoms with Crippen LogP contribution in [0.15, 0.2) is 46.7 Å². The van der Waals surface area contributed by atoms with Crippen LogP contribution in [0.3, 0.4) is 0 Å². The molecule has 0 bridgehead atoms. The van der Waals surface area contributed by atoms with Gasteiger partial charge in [0.1, 0.15) is 6.10 Å². The quantitative estimate of drug-likeness (QED) is 0.486. The monoisotopic (exact) mass is 239 g/mol. The number of hydrogen-bond donors (Lipinski definition) is 1. The van der Waals surface area contributed by atoms with Gasteiger partial charge < -0.3 is 5.11 Å². The van der Waals surface area contributed by atoms with Crippen LogP contribution in [0.5, 0.6) is 0 Å². The maximum absolute atomic E-state index is 10.4. The molecule has 0 aliphatic heterocycles. The van der Waals surface area contributed by atoms with Gasteiger partial charge >= 0.3 is 0 Å². The average molecular weight is 239 g/mol. The van der Waals surface area contributed by atoms with Gasteiger partial charge in [-0.05, 0) is 23.6 Å². The Hall–Kier alpha value is -1.33. The van der Waals surface area contributed by atoms with E-state index in [4.69, 9.17) is 0 Å². The number of nitro groups is 1. The molecule has 1 N–H and O–H groups in total. The van der Waals surface area contributed by atoms with Gasteiger partial charge in [-0.2, -0.15) is 0 Å². The van der Waals surface area contributed by atoms with Gasteiger partial charge in [0.05, 0.1) is 0 Å². The zero-order valence-corrected chi connectivity index (χ0v) is 9.63. The van der Waals surface area contributed by atoms with Crippen LogP contribution in [0.4, 0.5) is 0 Å². The van der Waals surface area contributed by atoms with Crippen molar-refractivity contribution in [2.75, 3.05) is 0 Å². The standard InChI is InChI=1S/C11H13NO3S/c1-9(12(14)15)11(13)7-8-16-10-5-3-2-4-6-10/h2-9,11,13H,1H3/b8-7+. The molecule has 0 heterocycles. The summed E-state index contributed by atoms with van der Waals surface area (Å²) in [5, 5.41) is 21.5. The van der Waals surface area contributed by atoms with Crippen molar-refractivity contribution < 1.29 is 10.0 Å². The maximum atomic E-state index is 10.4. The van der Waals surface area contributed by atoms with Crippen LogP contribution in [0.1, 0.15) is 6.92 Å². The summed E-state index contributed by atoms with van der Waals surface area (Å²) in [6.07, 6.45) is 0.386. The second-order valence-corrected chi connectivity index (χ2v) is 4.26. The zero-order valence-electron chi connectivity index (χ0n) is 8.82. The van der Waals surface area contributed by atoms with Crippen molar-refractivity contribution in [3.8, 4) is 0 Å². The van der Waals surface area contributed by atoms with Crippen LogP contribution >= 0.6 is 11.8 Å². The largest absolute Gasteiger partial charge is 0.382 e. The molecule has 86 valence electrons. The predicted molar refractivity (Wildman–Crippen MR) is 63.9 cm³/mol. The van der Waals surface area contributed by atoms with Gasteiger partial charge in [0, 0.05) is 16.7 Å². The van der Waals surface area contributed by atoms with Gasteiger partial charge in [-0.15, -0.1) is 0 Å². The molecule has 2 atom stereocenters. The van der Waals surface area contributed by atoms with E-state index < -0.39 is 17.1 Å². The third-order valence-corrected chi connectivity index (χ3v) is 2.89. The molecular formula is C11H13NO3S.